The maximum atomic E-state index is 11.8. The Kier molecular flexibility index (Phi) is 2.98. The molecule has 19 heavy (non-hydrogen) atoms. The van der Waals surface area contributed by atoms with Gasteiger partial charge in [-0.15, -0.1) is 0 Å². The molecule has 0 atom stereocenters. The van der Waals surface area contributed by atoms with Crippen LogP contribution in [0.15, 0.2) is 70.0 Å². The molecule has 2 aromatic carbocycles. The lowest BCUT2D eigenvalue weighted by Gasteiger charge is -1.96. The third-order valence-electron chi connectivity index (χ3n) is 2.94. The Morgan fingerprint density at radius 1 is 0.947 bits per heavy atom. The van der Waals surface area contributed by atoms with Gasteiger partial charge < -0.3 is 0 Å². The van der Waals surface area contributed by atoms with Gasteiger partial charge in [0.05, 0.1) is 5.56 Å². The Morgan fingerprint density at radius 3 is 2.26 bits per heavy atom. The first-order chi connectivity index (χ1) is 9.34. The minimum absolute atomic E-state index is 0.359. The summed E-state index contributed by atoms with van der Waals surface area (Å²) in [7, 11) is 0. The van der Waals surface area contributed by atoms with E-state index in [-0.39, 0.29) is 5.63 Å². The van der Waals surface area contributed by atoms with E-state index >= 15 is 0 Å². The van der Waals surface area contributed by atoms with Gasteiger partial charge in [-0.25, -0.2) is 4.79 Å². The number of hydrogen-bond donors (Lipinski definition) is 1. The Balaban J connectivity index is 2.03. The zero-order chi connectivity index (χ0) is 13.1. The number of aromatic amines is 1. The van der Waals surface area contributed by atoms with Crippen molar-refractivity contribution >= 4 is 0 Å². The molecule has 0 aliphatic carbocycles. The van der Waals surface area contributed by atoms with Crippen LogP contribution in [0.4, 0.5) is 0 Å². The largest absolute Gasteiger partial charge is 0.435 e. The summed E-state index contributed by atoms with van der Waals surface area (Å²) in [5.41, 5.74) is 2.11. The van der Waals surface area contributed by atoms with Crippen molar-refractivity contribution in [1.82, 2.24) is 5.27 Å². The van der Waals surface area contributed by atoms with E-state index in [1.807, 2.05) is 60.7 Å². The topological polar surface area (TPSA) is 49.9 Å². The second-order valence-electron chi connectivity index (χ2n) is 4.27. The first-order valence-electron chi connectivity index (χ1n) is 6.05. The molecule has 0 radical (unpaired) electrons. The van der Waals surface area contributed by atoms with E-state index in [0.29, 0.717) is 12.2 Å². The monoisotopic (exact) mass is 253 g/mol. The third-order valence-corrected chi connectivity index (χ3v) is 2.94. The molecular weight excluding hydrogens is 240 g/mol. The minimum Gasteiger partial charge on any atom is -0.283 e. The summed E-state index contributed by atoms with van der Waals surface area (Å²) in [5.74, 6) is 0. The summed E-state index contributed by atoms with van der Waals surface area (Å²) >= 11 is 0. The highest BCUT2D eigenvalue weighted by molar-refractivity contribution is 5.53. The van der Waals surface area contributed by atoms with Crippen molar-refractivity contribution in [2.45, 2.75) is 6.54 Å². The van der Waals surface area contributed by atoms with Crippen molar-refractivity contribution in [2.24, 2.45) is 0 Å². The summed E-state index contributed by atoms with van der Waals surface area (Å²) in [4.78, 5) is 11.8. The third kappa shape index (κ3) is 2.33. The zero-order valence-electron chi connectivity index (χ0n) is 10.2. The van der Waals surface area contributed by atoms with Crippen LogP contribution in [-0.4, -0.2) is 5.27 Å². The molecule has 0 fully saturated rings. The van der Waals surface area contributed by atoms with Gasteiger partial charge in [-0.2, -0.15) is 0 Å². The van der Waals surface area contributed by atoms with E-state index in [4.69, 9.17) is 4.52 Å². The van der Waals surface area contributed by atoms with Crippen molar-refractivity contribution in [3.05, 3.63) is 76.6 Å². The number of benzene rings is 2. The van der Waals surface area contributed by atoms with E-state index in [1.165, 1.54) is 0 Å². The maximum absolute atomic E-state index is 11.8. The highest BCUT2D eigenvalue weighted by Gasteiger charge is 2.22. The van der Waals surface area contributed by atoms with Gasteiger partial charge in [0.15, 0.2) is 0 Å². The van der Waals surface area contributed by atoms with E-state index in [0.717, 1.165) is 11.1 Å². The smallest absolute Gasteiger partial charge is 0.283 e. The summed E-state index contributed by atoms with van der Waals surface area (Å²) < 4.78 is 6.62. The van der Waals surface area contributed by atoms with Crippen molar-refractivity contribution < 1.29 is 9.20 Å². The highest BCUT2D eigenvalue weighted by Crippen LogP contribution is 2.10. The summed E-state index contributed by atoms with van der Waals surface area (Å²) in [6.07, 6.45) is 0. The zero-order valence-corrected chi connectivity index (χ0v) is 10.2. The molecule has 1 aromatic heterocycles. The van der Waals surface area contributed by atoms with Crippen LogP contribution in [0, 0.1) is 0 Å². The average Bonchev–Trinajstić information content (AvgIpc) is 2.82. The van der Waals surface area contributed by atoms with Crippen LogP contribution >= 0.6 is 0 Å². The lowest BCUT2D eigenvalue weighted by Crippen LogP contribution is -2.39. The van der Waals surface area contributed by atoms with E-state index in [9.17, 15) is 4.79 Å². The van der Waals surface area contributed by atoms with E-state index in [1.54, 1.807) is 4.68 Å². The minimum atomic E-state index is -0.359. The Labute approximate surface area is 109 Å². The molecule has 0 saturated carbocycles. The molecule has 4 heteroatoms. The molecule has 0 saturated heterocycles. The second-order valence-corrected chi connectivity index (χ2v) is 4.27. The van der Waals surface area contributed by atoms with Crippen molar-refractivity contribution in [3.63, 3.8) is 0 Å². The molecule has 0 aliphatic heterocycles. The summed E-state index contributed by atoms with van der Waals surface area (Å²) in [6, 6.07) is 19.4. The number of nitrogens with one attached hydrogen (secondary N) is 1. The lowest BCUT2D eigenvalue weighted by molar-refractivity contribution is -0.745. The molecule has 0 unspecified atom stereocenters. The number of hydrogen-bond acceptors (Lipinski definition) is 2. The van der Waals surface area contributed by atoms with Gasteiger partial charge in [0.25, 0.3) is 0 Å². The predicted molar refractivity (Wildman–Crippen MR) is 70.5 cm³/mol. The lowest BCUT2D eigenvalue weighted by atomic mass is 10.1. The number of H-pyrrole nitrogens is 1. The van der Waals surface area contributed by atoms with Crippen LogP contribution in [0.1, 0.15) is 5.56 Å². The molecule has 0 spiro atoms. The van der Waals surface area contributed by atoms with Crippen molar-refractivity contribution in [1.29, 1.82) is 0 Å². The molecule has 3 rings (SSSR count). The first kappa shape index (κ1) is 11.5. The molecule has 1 N–H and O–H groups in total. The number of nitrogens with zero attached hydrogens (tertiary/aromatic N) is 1. The fourth-order valence-corrected chi connectivity index (χ4v) is 2.05. The fourth-order valence-electron chi connectivity index (χ4n) is 2.05. The van der Waals surface area contributed by atoms with Crippen molar-refractivity contribution in [2.75, 3.05) is 0 Å². The summed E-state index contributed by atoms with van der Waals surface area (Å²) in [5, 5.41) is 2.65. The Bertz CT molecular complexity index is 715. The molecule has 4 nitrogen and oxygen atoms in total. The van der Waals surface area contributed by atoms with Gasteiger partial charge in [-0.1, -0.05) is 53.2 Å². The standard InChI is InChI=1S/C15H12N2O2/c18-15-14(13-9-5-2-6-10-13)17(16-19-15)11-12-7-3-1-4-8-12/h1-10H,11H2/p+1. The van der Waals surface area contributed by atoms with Crippen molar-refractivity contribution in [3.8, 4) is 11.3 Å². The van der Waals surface area contributed by atoms with E-state index in [2.05, 4.69) is 5.27 Å². The molecule has 0 amide bonds. The van der Waals surface area contributed by atoms with Crippen LogP contribution in [-0.2, 0) is 6.54 Å². The van der Waals surface area contributed by atoms with Crippen LogP contribution in [0.3, 0.4) is 0 Å². The van der Waals surface area contributed by atoms with Gasteiger partial charge in [0.2, 0.25) is 6.54 Å². The summed E-state index contributed by atoms with van der Waals surface area (Å²) in [6.45, 7) is 0.566. The Hall–Kier alpha value is -2.62. The molecule has 0 aliphatic rings. The SMILES string of the molecule is O=c1o[nH][n+](Cc2ccccc2)c1-c1ccccc1. The highest BCUT2D eigenvalue weighted by atomic mass is 16.5. The van der Waals surface area contributed by atoms with Crippen LogP contribution < -0.4 is 10.3 Å². The molecular formula is C15H13N2O2+. The van der Waals surface area contributed by atoms with Gasteiger partial charge in [-0.05, 0) is 17.4 Å². The van der Waals surface area contributed by atoms with Gasteiger partial charge in [-0.3, -0.25) is 4.52 Å². The maximum Gasteiger partial charge on any atom is 0.435 e. The van der Waals surface area contributed by atoms with Crippen LogP contribution in [0.2, 0.25) is 0 Å². The molecule has 0 bridgehead atoms. The van der Waals surface area contributed by atoms with Gasteiger partial charge >= 0.3 is 11.3 Å². The number of aromatic nitrogens is 2. The predicted octanol–water partition coefficient (Wildman–Crippen LogP) is 1.97. The van der Waals surface area contributed by atoms with Crippen LogP contribution in [0.25, 0.3) is 11.3 Å². The average molecular weight is 253 g/mol. The van der Waals surface area contributed by atoms with E-state index < -0.39 is 0 Å². The second kappa shape index (κ2) is 4.94. The molecule has 3 aromatic rings. The van der Waals surface area contributed by atoms with Gasteiger partial charge in [0, 0.05) is 5.56 Å². The molecule has 1 heterocycles. The molecule has 94 valence electrons. The number of rotatable bonds is 3. The van der Waals surface area contributed by atoms with Gasteiger partial charge in [0.1, 0.15) is 0 Å². The quantitative estimate of drug-likeness (QED) is 0.725. The fraction of sp³-hybridized carbons (Fsp3) is 0.0667. The first-order valence-corrected chi connectivity index (χ1v) is 6.05. The Morgan fingerprint density at radius 2 is 1.58 bits per heavy atom. The van der Waals surface area contributed by atoms with Crippen LogP contribution in [0.5, 0.6) is 0 Å². The normalized spacial score (nSPS) is 10.5.